The van der Waals surface area contributed by atoms with Gasteiger partial charge in [-0.05, 0) is 23.8 Å². The fraction of sp³-hybridized carbons (Fsp3) is 0.0588. The number of nitrogens with one attached hydrogen (secondary N) is 1. The van der Waals surface area contributed by atoms with Crippen molar-refractivity contribution >= 4 is 5.91 Å². The normalized spacial score (nSPS) is 10.0. The topological polar surface area (TPSA) is 72.7 Å². The van der Waals surface area contributed by atoms with E-state index in [1.807, 2.05) is 24.3 Å². The molecule has 2 aromatic heterocycles. The van der Waals surface area contributed by atoms with E-state index in [0.29, 0.717) is 17.7 Å². The Morgan fingerprint density at radius 2 is 2.04 bits per heavy atom. The predicted molar refractivity (Wildman–Crippen MR) is 84.7 cm³/mol. The molecule has 0 saturated carbocycles. The molecule has 0 bridgehead atoms. The molecule has 0 saturated heterocycles. The lowest BCUT2D eigenvalue weighted by molar-refractivity contribution is 0.0950. The molecule has 1 N–H and O–H groups in total. The average molecular weight is 303 g/mol. The maximum absolute atomic E-state index is 12.1. The first-order valence-electron chi connectivity index (χ1n) is 6.90. The summed E-state index contributed by atoms with van der Waals surface area (Å²) >= 11 is 0. The van der Waals surface area contributed by atoms with E-state index in [9.17, 15) is 4.79 Å². The molecule has 0 aliphatic carbocycles. The smallest absolute Gasteiger partial charge is 0.253 e. The third-order valence-corrected chi connectivity index (χ3v) is 3.24. The SMILES string of the molecule is C#Cc1cncc(C(=O)NCc2ccc(-n3cncn3)cc2)c1. The first kappa shape index (κ1) is 14.5. The van der Waals surface area contributed by atoms with E-state index >= 15 is 0 Å². The summed E-state index contributed by atoms with van der Waals surface area (Å²) in [6.07, 6.45) is 11.4. The molecular weight excluding hydrogens is 290 g/mol. The Morgan fingerprint density at radius 3 is 2.74 bits per heavy atom. The van der Waals surface area contributed by atoms with Crippen LogP contribution in [0.15, 0.2) is 55.4 Å². The fourth-order valence-electron chi connectivity index (χ4n) is 2.04. The molecule has 0 radical (unpaired) electrons. The lowest BCUT2D eigenvalue weighted by Crippen LogP contribution is -2.23. The van der Waals surface area contributed by atoms with Crippen molar-refractivity contribution in [1.29, 1.82) is 0 Å². The van der Waals surface area contributed by atoms with E-state index in [1.54, 1.807) is 23.3 Å². The second-order valence-electron chi connectivity index (χ2n) is 4.80. The molecule has 112 valence electrons. The van der Waals surface area contributed by atoms with E-state index in [2.05, 4.69) is 26.3 Å². The summed E-state index contributed by atoms with van der Waals surface area (Å²) < 4.78 is 1.67. The molecule has 6 heteroatoms. The van der Waals surface area contributed by atoms with Crippen molar-refractivity contribution in [2.45, 2.75) is 6.54 Å². The summed E-state index contributed by atoms with van der Waals surface area (Å²) in [6.45, 7) is 0.413. The van der Waals surface area contributed by atoms with Gasteiger partial charge in [0.25, 0.3) is 5.91 Å². The predicted octanol–water partition coefficient (Wildman–Crippen LogP) is 1.57. The van der Waals surface area contributed by atoms with Gasteiger partial charge in [0, 0.05) is 24.5 Å². The van der Waals surface area contributed by atoms with Crippen molar-refractivity contribution in [3.05, 3.63) is 72.1 Å². The van der Waals surface area contributed by atoms with Crippen LogP contribution in [0.25, 0.3) is 5.69 Å². The van der Waals surface area contributed by atoms with E-state index < -0.39 is 0 Å². The first-order chi connectivity index (χ1) is 11.3. The number of hydrogen-bond acceptors (Lipinski definition) is 4. The molecule has 0 fully saturated rings. The van der Waals surface area contributed by atoms with E-state index in [0.717, 1.165) is 11.3 Å². The molecule has 3 rings (SSSR count). The number of hydrogen-bond donors (Lipinski definition) is 1. The number of nitrogens with zero attached hydrogens (tertiary/aromatic N) is 4. The minimum absolute atomic E-state index is 0.213. The van der Waals surface area contributed by atoms with Crippen LogP contribution in [0.2, 0.25) is 0 Å². The standard InChI is InChI=1S/C17H13N5O/c1-2-13-7-15(10-18-8-13)17(23)20-9-14-3-5-16(6-4-14)22-12-19-11-21-22/h1,3-8,10-12H,9H2,(H,20,23). The van der Waals surface area contributed by atoms with Crippen LogP contribution in [-0.2, 0) is 6.54 Å². The van der Waals surface area contributed by atoms with Gasteiger partial charge in [-0.3, -0.25) is 9.78 Å². The zero-order valence-electron chi connectivity index (χ0n) is 12.2. The number of pyridine rings is 1. The summed E-state index contributed by atoms with van der Waals surface area (Å²) in [5.74, 6) is 2.25. The minimum Gasteiger partial charge on any atom is -0.348 e. The quantitative estimate of drug-likeness (QED) is 0.743. The molecule has 1 aromatic carbocycles. The second-order valence-corrected chi connectivity index (χ2v) is 4.80. The maximum Gasteiger partial charge on any atom is 0.253 e. The van der Waals surface area contributed by atoms with Gasteiger partial charge < -0.3 is 5.32 Å². The van der Waals surface area contributed by atoms with Crippen molar-refractivity contribution < 1.29 is 4.79 Å². The Balaban J connectivity index is 1.64. The molecule has 2 heterocycles. The number of carbonyl (C=O) groups is 1. The van der Waals surface area contributed by atoms with Gasteiger partial charge in [-0.25, -0.2) is 9.67 Å². The Kier molecular flexibility index (Phi) is 4.11. The fourth-order valence-corrected chi connectivity index (χ4v) is 2.04. The van der Waals surface area contributed by atoms with Crippen molar-refractivity contribution in [2.24, 2.45) is 0 Å². The number of rotatable bonds is 4. The Hall–Kier alpha value is -3.46. The van der Waals surface area contributed by atoms with Gasteiger partial charge in [0.15, 0.2) is 0 Å². The van der Waals surface area contributed by atoms with Gasteiger partial charge in [0.1, 0.15) is 12.7 Å². The molecule has 1 amide bonds. The third kappa shape index (κ3) is 3.41. The molecule has 3 aromatic rings. The van der Waals surface area contributed by atoms with Crippen LogP contribution < -0.4 is 5.32 Å². The highest BCUT2D eigenvalue weighted by Gasteiger charge is 2.06. The number of terminal acetylenes is 1. The Morgan fingerprint density at radius 1 is 1.22 bits per heavy atom. The zero-order valence-corrected chi connectivity index (χ0v) is 12.2. The molecule has 0 unspecified atom stereocenters. The first-order valence-corrected chi connectivity index (χ1v) is 6.90. The van der Waals surface area contributed by atoms with Crippen LogP contribution in [0, 0.1) is 12.3 Å². The van der Waals surface area contributed by atoms with Crippen molar-refractivity contribution in [3.8, 4) is 18.0 Å². The summed E-state index contributed by atoms with van der Waals surface area (Å²) in [5.41, 5.74) is 2.90. The minimum atomic E-state index is -0.213. The van der Waals surface area contributed by atoms with Gasteiger partial charge in [-0.15, -0.1) is 6.42 Å². The number of amides is 1. The van der Waals surface area contributed by atoms with Crippen LogP contribution in [0.1, 0.15) is 21.5 Å². The van der Waals surface area contributed by atoms with Crippen molar-refractivity contribution in [3.63, 3.8) is 0 Å². The van der Waals surface area contributed by atoms with Crippen LogP contribution in [0.3, 0.4) is 0 Å². The van der Waals surface area contributed by atoms with E-state index in [1.165, 1.54) is 12.5 Å². The summed E-state index contributed by atoms with van der Waals surface area (Å²) in [7, 11) is 0. The van der Waals surface area contributed by atoms with Crippen molar-refractivity contribution in [2.75, 3.05) is 0 Å². The molecule has 0 aliphatic rings. The van der Waals surface area contributed by atoms with E-state index in [4.69, 9.17) is 6.42 Å². The zero-order chi connectivity index (χ0) is 16.1. The van der Waals surface area contributed by atoms with Crippen LogP contribution in [0.5, 0.6) is 0 Å². The summed E-state index contributed by atoms with van der Waals surface area (Å²) in [4.78, 5) is 20.0. The molecule has 0 aliphatic heterocycles. The molecule has 23 heavy (non-hydrogen) atoms. The van der Waals surface area contributed by atoms with Crippen LogP contribution in [0.4, 0.5) is 0 Å². The number of benzene rings is 1. The van der Waals surface area contributed by atoms with E-state index in [-0.39, 0.29) is 5.91 Å². The molecular formula is C17H13N5O. The Labute approximate surface area is 133 Å². The number of aromatic nitrogens is 4. The van der Waals surface area contributed by atoms with Crippen molar-refractivity contribution in [1.82, 2.24) is 25.1 Å². The van der Waals surface area contributed by atoms with Crippen LogP contribution >= 0.6 is 0 Å². The highest BCUT2D eigenvalue weighted by atomic mass is 16.1. The summed E-state index contributed by atoms with van der Waals surface area (Å²) in [6, 6.07) is 9.31. The monoisotopic (exact) mass is 303 g/mol. The van der Waals surface area contributed by atoms with Gasteiger partial charge in [-0.1, -0.05) is 18.1 Å². The average Bonchev–Trinajstić information content (AvgIpc) is 3.15. The highest BCUT2D eigenvalue weighted by molar-refractivity contribution is 5.94. The summed E-state index contributed by atoms with van der Waals surface area (Å²) in [5, 5.41) is 6.90. The van der Waals surface area contributed by atoms with Gasteiger partial charge in [0.05, 0.1) is 11.3 Å². The highest BCUT2D eigenvalue weighted by Crippen LogP contribution is 2.08. The lowest BCUT2D eigenvalue weighted by atomic mass is 10.2. The number of carbonyl (C=O) groups excluding carboxylic acids is 1. The molecule has 6 nitrogen and oxygen atoms in total. The van der Waals surface area contributed by atoms with Gasteiger partial charge in [-0.2, -0.15) is 5.10 Å². The lowest BCUT2D eigenvalue weighted by Gasteiger charge is -2.07. The second kappa shape index (κ2) is 6.54. The Bertz CT molecular complexity index is 847. The van der Waals surface area contributed by atoms with Crippen LogP contribution in [-0.4, -0.2) is 25.7 Å². The molecule has 0 spiro atoms. The molecule has 0 atom stereocenters. The third-order valence-electron chi connectivity index (χ3n) is 3.24. The maximum atomic E-state index is 12.1. The van der Waals surface area contributed by atoms with Gasteiger partial charge in [0.2, 0.25) is 0 Å². The van der Waals surface area contributed by atoms with Gasteiger partial charge >= 0.3 is 0 Å². The largest absolute Gasteiger partial charge is 0.348 e.